The van der Waals surface area contributed by atoms with Crippen LogP contribution in [0.3, 0.4) is 0 Å². The molecule has 0 bridgehead atoms. The van der Waals surface area contributed by atoms with Crippen molar-refractivity contribution in [2.45, 2.75) is 0 Å². The summed E-state index contributed by atoms with van der Waals surface area (Å²) >= 11 is 0. The Labute approximate surface area is 235 Å². The molecule has 1 aromatic carbocycles. The minimum absolute atomic E-state index is 0.173. The van der Waals surface area contributed by atoms with Gasteiger partial charge in [-0.15, -0.1) is 0 Å². The fourth-order valence-corrected chi connectivity index (χ4v) is 3.70. The molecular weight excluding hydrogens is 528 g/mol. The summed E-state index contributed by atoms with van der Waals surface area (Å²) in [6.45, 7) is 1.50. The maximum absolute atomic E-state index is 13.1. The molecule has 0 amide bonds. The summed E-state index contributed by atoms with van der Waals surface area (Å²) < 4.78 is 29.7. The van der Waals surface area contributed by atoms with E-state index >= 15 is 0 Å². The average Bonchev–Trinajstić information content (AvgIpc) is 3.05. The van der Waals surface area contributed by atoms with E-state index in [1.165, 1.54) is 23.3 Å². The number of ether oxygens (including phenoxy) is 5. The molecule has 0 radical (unpaired) electrons. The van der Waals surface area contributed by atoms with Crippen LogP contribution in [0.1, 0.15) is 0 Å². The van der Waals surface area contributed by atoms with E-state index in [1.807, 2.05) is 30.3 Å². The molecule has 0 atom stereocenters. The fourth-order valence-electron chi connectivity index (χ4n) is 3.70. The molecule has 12 heteroatoms. The summed E-state index contributed by atoms with van der Waals surface area (Å²) in [6.07, 6.45) is 5.90. The molecule has 5 rings (SSSR count). The first kappa shape index (κ1) is 27.5. The van der Waals surface area contributed by atoms with Crippen LogP contribution in [0.2, 0.25) is 0 Å². The zero-order valence-corrected chi connectivity index (χ0v) is 22.3. The molecule has 0 spiro atoms. The van der Waals surface area contributed by atoms with Gasteiger partial charge in [-0.3, -0.25) is 14.3 Å². The van der Waals surface area contributed by atoms with Gasteiger partial charge in [0.2, 0.25) is 11.8 Å². The monoisotopic (exact) mass is 556 g/mol. The lowest BCUT2D eigenvalue weighted by Crippen LogP contribution is -2.22. The van der Waals surface area contributed by atoms with Gasteiger partial charge < -0.3 is 29.0 Å². The minimum Gasteiger partial charge on any atom is -0.487 e. The van der Waals surface area contributed by atoms with E-state index in [2.05, 4.69) is 25.3 Å². The van der Waals surface area contributed by atoms with E-state index in [9.17, 15) is 4.79 Å². The molecule has 210 valence electrons. The highest BCUT2D eigenvalue weighted by Gasteiger charge is 2.12. The fraction of sp³-hybridized carbons (Fsp3) is 0.207. The number of aromatic nitrogens is 5. The van der Waals surface area contributed by atoms with Crippen LogP contribution in [0.25, 0.3) is 11.3 Å². The van der Waals surface area contributed by atoms with Gasteiger partial charge in [-0.25, -0.2) is 15.0 Å². The smallest absolute Gasteiger partial charge is 0.264 e. The zero-order valence-electron chi connectivity index (χ0n) is 22.3. The Bertz CT molecular complexity index is 1560. The summed E-state index contributed by atoms with van der Waals surface area (Å²) in [6, 6.07) is 17.9. The molecule has 0 unspecified atom stereocenters. The quantitative estimate of drug-likeness (QED) is 0.382. The molecule has 0 saturated heterocycles. The molecule has 41 heavy (non-hydrogen) atoms. The first-order chi connectivity index (χ1) is 20.2. The Morgan fingerprint density at radius 3 is 2.37 bits per heavy atom. The van der Waals surface area contributed by atoms with Crippen molar-refractivity contribution in [1.82, 2.24) is 24.5 Å². The number of hydrogen-bond donors (Lipinski definition) is 1. The van der Waals surface area contributed by atoms with Crippen LogP contribution >= 0.6 is 0 Å². The molecule has 4 aromatic rings. The number of rotatable bonds is 5. The minimum atomic E-state index is -0.242. The second-order valence-electron chi connectivity index (χ2n) is 8.57. The predicted molar refractivity (Wildman–Crippen MR) is 150 cm³/mol. The molecule has 1 aliphatic heterocycles. The molecule has 1 N–H and O–H groups in total. The van der Waals surface area contributed by atoms with Crippen molar-refractivity contribution >= 4 is 11.6 Å². The average molecular weight is 557 g/mol. The number of para-hydroxylation sites is 1. The van der Waals surface area contributed by atoms with Gasteiger partial charge >= 0.3 is 0 Å². The van der Waals surface area contributed by atoms with Crippen LogP contribution < -0.4 is 25.1 Å². The van der Waals surface area contributed by atoms with Crippen molar-refractivity contribution in [2.75, 3.05) is 38.5 Å². The van der Waals surface area contributed by atoms with Crippen molar-refractivity contribution < 1.29 is 23.7 Å². The number of anilines is 2. The number of fused-ring (bicyclic) bond motifs is 1. The second-order valence-corrected chi connectivity index (χ2v) is 8.57. The van der Waals surface area contributed by atoms with Gasteiger partial charge in [0, 0.05) is 37.3 Å². The van der Waals surface area contributed by atoms with Gasteiger partial charge in [0.15, 0.2) is 11.5 Å². The number of pyridine rings is 1. The van der Waals surface area contributed by atoms with Gasteiger partial charge in [0.1, 0.15) is 32.1 Å². The highest BCUT2D eigenvalue weighted by Crippen LogP contribution is 2.27. The van der Waals surface area contributed by atoms with Crippen LogP contribution in [0.15, 0.2) is 90.4 Å². The van der Waals surface area contributed by atoms with Crippen LogP contribution in [-0.4, -0.2) is 57.7 Å². The Hall–Kier alpha value is -5.07. The van der Waals surface area contributed by atoms with E-state index in [-0.39, 0.29) is 18.2 Å². The van der Waals surface area contributed by atoms with Crippen LogP contribution in [0.4, 0.5) is 11.6 Å². The van der Waals surface area contributed by atoms with Gasteiger partial charge in [-0.05, 0) is 30.3 Å². The molecule has 12 nitrogen and oxygen atoms in total. The lowest BCUT2D eigenvalue weighted by atomic mass is 10.2. The topological polar surface area (TPSA) is 132 Å². The summed E-state index contributed by atoms with van der Waals surface area (Å²) in [5, 5.41) is 3.14. The molecule has 0 fully saturated rings. The third kappa shape index (κ3) is 7.53. The first-order valence-corrected chi connectivity index (χ1v) is 12.8. The summed E-state index contributed by atoms with van der Waals surface area (Å²) in [7, 11) is 1.65. The lowest BCUT2D eigenvalue weighted by molar-refractivity contribution is -0.0637. The maximum Gasteiger partial charge on any atom is 0.264 e. The van der Waals surface area contributed by atoms with Gasteiger partial charge in [0.25, 0.3) is 5.56 Å². The van der Waals surface area contributed by atoms with Crippen LogP contribution in [-0.2, 0) is 16.5 Å². The molecule has 0 aliphatic carbocycles. The molecule has 4 heterocycles. The Morgan fingerprint density at radius 1 is 0.829 bits per heavy atom. The highest BCUT2D eigenvalue weighted by atomic mass is 16.7. The Balaban J connectivity index is 1.35. The van der Waals surface area contributed by atoms with Crippen molar-refractivity contribution in [3.05, 3.63) is 95.9 Å². The van der Waals surface area contributed by atoms with Gasteiger partial charge in [-0.2, -0.15) is 0 Å². The lowest BCUT2D eigenvalue weighted by Gasteiger charge is -2.11. The van der Waals surface area contributed by atoms with Crippen LogP contribution in [0.5, 0.6) is 23.1 Å². The zero-order chi connectivity index (χ0) is 28.3. The maximum atomic E-state index is 13.1. The summed E-state index contributed by atoms with van der Waals surface area (Å²) in [5.74, 6) is 2.00. The largest absolute Gasteiger partial charge is 0.487 e. The normalized spacial score (nSPS) is 13.3. The van der Waals surface area contributed by atoms with E-state index in [1.54, 1.807) is 43.6 Å². The van der Waals surface area contributed by atoms with E-state index < -0.39 is 0 Å². The Kier molecular flexibility index (Phi) is 9.27. The number of hydrogen-bond acceptors (Lipinski definition) is 11. The first-order valence-electron chi connectivity index (χ1n) is 12.8. The third-order valence-corrected chi connectivity index (χ3v) is 5.75. The van der Waals surface area contributed by atoms with Crippen LogP contribution in [0, 0.1) is 0 Å². The van der Waals surface area contributed by atoms with Crippen molar-refractivity contribution in [2.24, 2.45) is 7.05 Å². The molecule has 1 aliphatic rings. The number of nitrogens with zero attached hydrogens (tertiary/aromatic N) is 5. The molecule has 3 aromatic heterocycles. The third-order valence-electron chi connectivity index (χ3n) is 5.75. The molecule has 0 saturated carbocycles. The number of benzene rings is 1. The molecular formula is C29H28N6O6. The standard InChI is InChI=1S/C29H28N6O6/c1-35-28(36)23(18-32-29(35)34-21-5-3-2-4-6-21)24-8-7-22(17-31-24)41-27-10-9-25-26(11-12-30-19-33-27)40-16-14-38-20-37-13-15-39-25/h2-12,17-19H,13-16,20H2,1H3,(H,32,34). The predicted octanol–water partition coefficient (Wildman–Crippen LogP) is 4.05. The van der Waals surface area contributed by atoms with E-state index in [0.717, 1.165) is 5.69 Å². The van der Waals surface area contributed by atoms with Gasteiger partial charge in [-0.1, -0.05) is 18.2 Å². The Morgan fingerprint density at radius 2 is 1.61 bits per heavy atom. The number of nitrogens with one attached hydrogen (secondary N) is 1. The van der Waals surface area contributed by atoms with Crippen molar-refractivity contribution in [1.29, 1.82) is 0 Å². The van der Waals surface area contributed by atoms with Crippen molar-refractivity contribution in [3.63, 3.8) is 0 Å². The summed E-state index contributed by atoms with van der Waals surface area (Å²) in [4.78, 5) is 30.3. The SMILES string of the molecule is Cn1c(Nc2ccccc2)ncc(-c2ccc(Oc3ccc4c(ccncn3)OCCOCOCCO4)cn2)c1=O. The second kappa shape index (κ2) is 13.8. The van der Waals surface area contributed by atoms with E-state index in [0.29, 0.717) is 60.9 Å². The summed E-state index contributed by atoms with van der Waals surface area (Å²) in [5.41, 5.74) is 1.39. The van der Waals surface area contributed by atoms with E-state index in [4.69, 9.17) is 23.7 Å². The van der Waals surface area contributed by atoms with Crippen molar-refractivity contribution in [3.8, 4) is 34.4 Å². The highest BCUT2D eigenvalue weighted by molar-refractivity contribution is 5.60. The van der Waals surface area contributed by atoms with Gasteiger partial charge in [0.05, 0.1) is 30.7 Å².